The summed E-state index contributed by atoms with van der Waals surface area (Å²) in [7, 11) is 0. The van der Waals surface area contributed by atoms with E-state index in [4.69, 9.17) is 0 Å². The van der Waals surface area contributed by atoms with Crippen LogP contribution in [0.15, 0.2) is 12.4 Å². The van der Waals surface area contributed by atoms with Crippen LogP contribution < -0.4 is 56.5 Å². The van der Waals surface area contributed by atoms with E-state index in [-0.39, 0.29) is 62.8 Å². The molecule has 5 nitrogen and oxygen atoms in total. The zero-order valence-electron chi connectivity index (χ0n) is 8.31. The maximum atomic E-state index is 10.4. The Morgan fingerprint density at radius 3 is 2.50 bits per heavy atom. The van der Waals surface area contributed by atoms with E-state index in [0.29, 0.717) is 0 Å². The van der Waals surface area contributed by atoms with E-state index < -0.39 is 11.6 Å². The number of carbonyl (C=O) groups is 1. The van der Waals surface area contributed by atoms with Crippen molar-refractivity contribution in [1.29, 1.82) is 0 Å². The van der Waals surface area contributed by atoms with Gasteiger partial charge in [-0.1, -0.05) is 0 Å². The van der Waals surface area contributed by atoms with Crippen LogP contribution in [0, 0.1) is 0 Å². The third kappa shape index (κ3) is 3.72. The molecule has 0 aromatic carbocycles. The van der Waals surface area contributed by atoms with Crippen LogP contribution in [-0.4, -0.2) is 21.0 Å². The number of hydrogen-bond acceptors (Lipinski definition) is 5. The van der Waals surface area contributed by atoms with Gasteiger partial charge in [-0.2, -0.15) is 0 Å². The van der Waals surface area contributed by atoms with Crippen molar-refractivity contribution in [3.8, 4) is 0 Å². The second-order valence-corrected chi connectivity index (χ2v) is 3.14. The SMILES string of the molecule is CC(C)(O)c1cncc(C(=O)[O-])n1.[K+]. The maximum absolute atomic E-state index is 10.4. The Bertz CT molecular complexity index is 336. The van der Waals surface area contributed by atoms with E-state index in [2.05, 4.69) is 9.97 Å². The van der Waals surface area contributed by atoms with Gasteiger partial charge in [-0.05, 0) is 13.8 Å². The van der Waals surface area contributed by atoms with Crippen molar-refractivity contribution in [3.63, 3.8) is 0 Å². The summed E-state index contributed by atoms with van der Waals surface area (Å²) in [4.78, 5) is 17.7. The maximum Gasteiger partial charge on any atom is 1.00 e. The second-order valence-electron chi connectivity index (χ2n) is 3.14. The first-order chi connectivity index (χ1) is 5.91. The molecule has 0 aliphatic carbocycles. The van der Waals surface area contributed by atoms with E-state index in [1.807, 2.05) is 0 Å². The number of nitrogens with zero attached hydrogens (tertiary/aromatic N) is 2. The first-order valence-electron chi connectivity index (χ1n) is 3.67. The molecule has 1 aromatic rings. The van der Waals surface area contributed by atoms with Gasteiger partial charge in [0.15, 0.2) is 0 Å². The quantitative estimate of drug-likeness (QED) is 0.514. The third-order valence-corrected chi connectivity index (χ3v) is 1.47. The molecule has 1 heterocycles. The van der Waals surface area contributed by atoms with Gasteiger partial charge < -0.3 is 15.0 Å². The average Bonchev–Trinajstić information content (AvgIpc) is 2.03. The van der Waals surface area contributed by atoms with Crippen LogP contribution in [-0.2, 0) is 5.60 Å². The molecule has 0 atom stereocenters. The van der Waals surface area contributed by atoms with Crippen LogP contribution in [0.4, 0.5) is 0 Å². The van der Waals surface area contributed by atoms with Gasteiger partial charge in [-0.3, -0.25) is 4.98 Å². The van der Waals surface area contributed by atoms with Gasteiger partial charge in [0.25, 0.3) is 0 Å². The molecule has 0 aliphatic rings. The molecule has 0 saturated carbocycles. The Morgan fingerprint density at radius 1 is 1.50 bits per heavy atom. The predicted octanol–water partition coefficient (Wildman–Crippen LogP) is -3.93. The first-order valence-corrected chi connectivity index (χ1v) is 3.67. The van der Waals surface area contributed by atoms with E-state index in [1.165, 1.54) is 20.0 Å². The summed E-state index contributed by atoms with van der Waals surface area (Å²) in [6.07, 6.45) is 2.39. The predicted molar refractivity (Wildman–Crippen MR) is 41.6 cm³/mol. The van der Waals surface area contributed by atoms with E-state index in [1.54, 1.807) is 0 Å². The number of aromatic nitrogens is 2. The number of carboxylic acid groups (broad SMARTS) is 1. The van der Waals surface area contributed by atoms with Gasteiger partial charge >= 0.3 is 51.4 Å². The van der Waals surface area contributed by atoms with Gasteiger partial charge in [-0.25, -0.2) is 4.98 Å². The zero-order chi connectivity index (χ0) is 10.1. The minimum absolute atomic E-state index is 0. The van der Waals surface area contributed by atoms with Gasteiger partial charge in [0.05, 0.1) is 24.1 Å². The number of carboxylic acids is 1. The fourth-order valence-corrected chi connectivity index (χ4v) is 0.759. The molecule has 1 aromatic heterocycles. The van der Waals surface area contributed by atoms with Crippen LogP contribution in [0.5, 0.6) is 0 Å². The molecule has 14 heavy (non-hydrogen) atoms. The molecule has 0 spiro atoms. The molecule has 1 N–H and O–H groups in total. The topological polar surface area (TPSA) is 86.1 Å². The standard InChI is InChI=1S/C8H10N2O3.K/c1-8(2,13)6-4-9-3-5(10-6)7(11)12;/h3-4,13H,1-2H3,(H,11,12);/q;+1/p-1. The number of rotatable bonds is 2. The summed E-state index contributed by atoms with van der Waals surface area (Å²) in [5.74, 6) is -1.40. The van der Waals surface area contributed by atoms with Gasteiger partial charge in [0.1, 0.15) is 11.3 Å². The summed E-state index contributed by atoms with van der Waals surface area (Å²) in [6, 6.07) is 0. The molecule has 6 heteroatoms. The fraction of sp³-hybridized carbons (Fsp3) is 0.375. The van der Waals surface area contributed by atoms with Crippen LogP contribution >= 0.6 is 0 Å². The van der Waals surface area contributed by atoms with E-state index in [9.17, 15) is 15.0 Å². The number of hydrogen-bond donors (Lipinski definition) is 1. The fourth-order valence-electron chi connectivity index (χ4n) is 0.759. The van der Waals surface area contributed by atoms with Crippen LogP contribution in [0.2, 0.25) is 0 Å². The number of carbonyl (C=O) groups excluding carboxylic acids is 1. The van der Waals surface area contributed by atoms with Crippen molar-refractivity contribution in [2.75, 3.05) is 0 Å². The van der Waals surface area contributed by atoms with Crippen molar-refractivity contribution >= 4 is 5.97 Å². The Labute approximate surface area is 124 Å². The van der Waals surface area contributed by atoms with Gasteiger partial charge in [-0.15, -0.1) is 0 Å². The van der Waals surface area contributed by atoms with Crippen molar-refractivity contribution < 1.29 is 66.4 Å². The summed E-state index contributed by atoms with van der Waals surface area (Å²) in [5.41, 5.74) is -1.27. The molecular weight excluding hydrogens is 211 g/mol. The van der Waals surface area contributed by atoms with Crippen molar-refractivity contribution in [1.82, 2.24) is 9.97 Å². The molecule has 0 saturated heterocycles. The van der Waals surface area contributed by atoms with E-state index >= 15 is 0 Å². The van der Waals surface area contributed by atoms with Crippen molar-refractivity contribution in [3.05, 3.63) is 23.8 Å². The first kappa shape index (κ1) is 14.1. The Morgan fingerprint density at radius 2 is 2.07 bits per heavy atom. The molecule has 0 unspecified atom stereocenters. The van der Waals surface area contributed by atoms with Crippen molar-refractivity contribution in [2.24, 2.45) is 0 Å². The minimum Gasteiger partial charge on any atom is -0.543 e. The van der Waals surface area contributed by atoms with Crippen LogP contribution in [0.25, 0.3) is 0 Å². The van der Waals surface area contributed by atoms with Crippen LogP contribution in [0.3, 0.4) is 0 Å². The number of aromatic carboxylic acids is 1. The molecule has 0 fully saturated rings. The minimum atomic E-state index is -1.40. The number of aliphatic hydroxyl groups is 1. The smallest absolute Gasteiger partial charge is 0.543 e. The molecular formula is C8H9KN2O3. The van der Waals surface area contributed by atoms with Gasteiger partial charge in [0, 0.05) is 0 Å². The molecule has 0 amide bonds. The monoisotopic (exact) mass is 220 g/mol. The Balaban J connectivity index is 0.00000169. The summed E-state index contributed by atoms with van der Waals surface area (Å²) < 4.78 is 0. The molecule has 70 valence electrons. The summed E-state index contributed by atoms with van der Waals surface area (Å²) in [5, 5.41) is 19.9. The van der Waals surface area contributed by atoms with Gasteiger partial charge in [0.2, 0.25) is 0 Å². The van der Waals surface area contributed by atoms with Crippen LogP contribution in [0.1, 0.15) is 30.0 Å². The van der Waals surface area contributed by atoms with Crippen molar-refractivity contribution in [2.45, 2.75) is 19.4 Å². The normalized spacial score (nSPS) is 10.5. The second kappa shape index (κ2) is 5.29. The Hall–Kier alpha value is 0.146. The summed E-state index contributed by atoms with van der Waals surface area (Å²) in [6.45, 7) is 2.99. The molecule has 1 rings (SSSR count). The largest absolute Gasteiger partial charge is 1.00 e. The summed E-state index contributed by atoms with van der Waals surface area (Å²) >= 11 is 0. The zero-order valence-corrected chi connectivity index (χ0v) is 11.4. The molecule has 0 aliphatic heterocycles. The Kier molecular flexibility index (Phi) is 5.35. The third-order valence-electron chi connectivity index (χ3n) is 1.47. The average molecular weight is 220 g/mol. The molecule has 0 radical (unpaired) electrons. The molecule has 0 bridgehead atoms. The van der Waals surface area contributed by atoms with E-state index in [0.717, 1.165) is 6.20 Å².